The smallest absolute Gasteiger partial charge is 0.307 e. The van der Waals surface area contributed by atoms with Crippen molar-refractivity contribution < 1.29 is 13.2 Å². The van der Waals surface area contributed by atoms with Crippen LogP contribution in [-0.4, -0.2) is 14.4 Å². The Hall–Kier alpha value is -2.74. The van der Waals surface area contributed by atoms with Crippen LogP contribution in [0.1, 0.15) is 69.2 Å². The summed E-state index contributed by atoms with van der Waals surface area (Å²) in [6.07, 6.45) is 0. The lowest BCUT2D eigenvalue weighted by atomic mass is 9.93. The van der Waals surface area contributed by atoms with E-state index in [1.807, 2.05) is 45.9 Å². The molecule has 2 rings (SSSR count). The van der Waals surface area contributed by atoms with E-state index in [-0.39, 0.29) is 16.7 Å². The highest BCUT2D eigenvalue weighted by atomic mass is 32.2. The minimum absolute atomic E-state index is 0.109. The molecule has 0 bridgehead atoms. The summed E-state index contributed by atoms with van der Waals surface area (Å²) in [7, 11) is -4.12. The lowest BCUT2D eigenvalue weighted by molar-refractivity contribution is 0.256. The fourth-order valence-corrected chi connectivity index (χ4v) is 3.98. The zero-order valence-corrected chi connectivity index (χ0v) is 18.1. The standard InChI is InChI=1S/C21H27N3O4S/c1-13(2)18-10-7-11-19(14(3)4)20(18)22-21(25)24-29(27,28)17-9-6-8-16(12-17)15(5)23-26/h6-15H,1-5H3,(H2,22,24,25). The number of benzene rings is 2. The summed E-state index contributed by atoms with van der Waals surface area (Å²) in [5.41, 5.74) is 2.93. The van der Waals surface area contributed by atoms with Crippen LogP contribution in [0.4, 0.5) is 10.5 Å². The van der Waals surface area contributed by atoms with Gasteiger partial charge in [0.25, 0.3) is 10.0 Å². The van der Waals surface area contributed by atoms with E-state index in [0.717, 1.165) is 11.1 Å². The summed E-state index contributed by atoms with van der Waals surface area (Å²) in [5, 5.41) is 5.62. The molecule has 2 amide bonds. The second-order valence-electron chi connectivity index (χ2n) is 7.53. The quantitative estimate of drug-likeness (QED) is 0.599. The zero-order valence-electron chi connectivity index (χ0n) is 17.3. The molecule has 2 N–H and O–H groups in total. The molecule has 0 heterocycles. The Morgan fingerprint density at radius 2 is 1.48 bits per heavy atom. The van der Waals surface area contributed by atoms with Crippen LogP contribution in [0.15, 0.2) is 52.5 Å². The van der Waals surface area contributed by atoms with E-state index in [1.165, 1.54) is 18.2 Å². The number of anilines is 1. The Kier molecular flexibility index (Phi) is 7.13. The monoisotopic (exact) mass is 417 g/mol. The second kappa shape index (κ2) is 9.17. The van der Waals surface area contributed by atoms with E-state index in [2.05, 4.69) is 15.2 Å². The van der Waals surface area contributed by atoms with Gasteiger partial charge in [-0.25, -0.2) is 17.9 Å². The van der Waals surface area contributed by atoms with E-state index in [0.29, 0.717) is 11.3 Å². The Labute approximate surface area is 171 Å². The van der Waals surface area contributed by atoms with Gasteiger partial charge in [0.1, 0.15) is 6.04 Å². The van der Waals surface area contributed by atoms with Crippen molar-refractivity contribution >= 4 is 21.7 Å². The summed E-state index contributed by atoms with van der Waals surface area (Å²) in [5.74, 6) is 0.296. The normalized spacial score (nSPS) is 12.7. The summed E-state index contributed by atoms with van der Waals surface area (Å²) < 4.78 is 27.4. The van der Waals surface area contributed by atoms with Gasteiger partial charge in [-0.1, -0.05) is 63.2 Å². The molecule has 156 valence electrons. The third-order valence-corrected chi connectivity index (χ3v) is 5.98. The maximum Gasteiger partial charge on any atom is 0.333 e. The van der Waals surface area contributed by atoms with Crippen LogP contribution in [0.25, 0.3) is 0 Å². The molecular formula is C21H27N3O4S. The van der Waals surface area contributed by atoms with Gasteiger partial charge in [-0.05, 0) is 47.6 Å². The van der Waals surface area contributed by atoms with Crippen molar-refractivity contribution in [3.8, 4) is 0 Å². The van der Waals surface area contributed by atoms with E-state index >= 15 is 0 Å². The predicted molar refractivity (Wildman–Crippen MR) is 115 cm³/mol. The van der Waals surface area contributed by atoms with Crippen LogP contribution >= 0.6 is 0 Å². The van der Waals surface area contributed by atoms with E-state index < -0.39 is 22.1 Å². The minimum atomic E-state index is -4.12. The first-order chi connectivity index (χ1) is 13.6. The van der Waals surface area contributed by atoms with Crippen LogP contribution in [0, 0.1) is 4.91 Å². The predicted octanol–water partition coefficient (Wildman–Crippen LogP) is 5.27. The van der Waals surface area contributed by atoms with Gasteiger partial charge in [-0.15, -0.1) is 0 Å². The number of carbonyl (C=O) groups is 1. The van der Waals surface area contributed by atoms with Gasteiger partial charge in [-0.3, -0.25) is 0 Å². The third kappa shape index (κ3) is 5.41. The summed E-state index contributed by atoms with van der Waals surface area (Å²) >= 11 is 0. The molecule has 0 aliphatic heterocycles. The molecule has 1 atom stereocenters. The number of nitroso groups, excluding NO2 is 1. The highest BCUT2D eigenvalue weighted by Gasteiger charge is 2.21. The van der Waals surface area contributed by atoms with Crippen molar-refractivity contribution in [1.29, 1.82) is 0 Å². The summed E-state index contributed by atoms with van der Waals surface area (Å²) in [6.45, 7) is 9.59. The number of para-hydroxylation sites is 1. The Morgan fingerprint density at radius 3 is 2.00 bits per heavy atom. The molecule has 2 aromatic rings. The molecule has 0 aliphatic carbocycles. The highest BCUT2D eigenvalue weighted by molar-refractivity contribution is 7.90. The number of nitrogens with zero attached hydrogens (tertiary/aromatic N) is 1. The number of amides is 2. The third-order valence-electron chi connectivity index (χ3n) is 4.65. The number of rotatable bonds is 7. The highest BCUT2D eigenvalue weighted by Crippen LogP contribution is 2.32. The molecule has 2 aromatic carbocycles. The van der Waals surface area contributed by atoms with Gasteiger partial charge in [0.2, 0.25) is 0 Å². The second-order valence-corrected chi connectivity index (χ2v) is 9.22. The molecule has 7 nitrogen and oxygen atoms in total. The van der Waals surface area contributed by atoms with Crippen LogP contribution < -0.4 is 10.0 Å². The number of urea groups is 1. The van der Waals surface area contributed by atoms with E-state index in [1.54, 1.807) is 13.0 Å². The number of hydrogen-bond acceptors (Lipinski definition) is 5. The molecular weight excluding hydrogens is 390 g/mol. The minimum Gasteiger partial charge on any atom is -0.307 e. The average Bonchev–Trinajstić information content (AvgIpc) is 2.66. The van der Waals surface area contributed by atoms with Gasteiger partial charge in [0.05, 0.1) is 4.90 Å². The van der Waals surface area contributed by atoms with Crippen LogP contribution in [-0.2, 0) is 10.0 Å². The Morgan fingerprint density at radius 1 is 0.931 bits per heavy atom. The van der Waals surface area contributed by atoms with Crippen molar-refractivity contribution in [2.75, 3.05) is 5.32 Å². The van der Waals surface area contributed by atoms with Gasteiger partial charge < -0.3 is 5.32 Å². The average molecular weight is 418 g/mol. The fraction of sp³-hybridized carbons (Fsp3) is 0.381. The molecule has 0 radical (unpaired) electrons. The summed E-state index contributed by atoms with van der Waals surface area (Å²) in [4.78, 5) is 23.2. The molecule has 0 aliphatic rings. The van der Waals surface area contributed by atoms with Crippen molar-refractivity contribution in [2.24, 2.45) is 5.18 Å². The van der Waals surface area contributed by atoms with Gasteiger partial charge in [-0.2, -0.15) is 4.91 Å². The number of nitrogens with one attached hydrogen (secondary N) is 2. The van der Waals surface area contributed by atoms with Crippen LogP contribution in [0.5, 0.6) is 0 Å². The SMILES string of the molecule is CC(C)c1cccc(C(C)C)c1NC(=O)NS(=O)(=O)c1cccc(C(C)N=O)c1. The van der Waals surface area contributed by atoms with Crippen LogP contribution in [0.2, 0.25) is 0 Å². The molecule has 0 saturated carbocycles. The maximum absolute atomic E-state index is 12.7. The molecule has 0 spiro atoms. The van der Waals surface area contributed by atoms with Crippen LogP contribution in [0.3, 0.4) is 0 Å². The van der Waals surface area contributed by atoms with E-state index in [9.17, 15) is 18.1 Å². The largest absolute Gasteiger partial charge is 0.333 e. The topological polar surface area (TPSA) is 105 Å². The molecule has 8 heteroatoms. The first-order valence-electron chi connectivity index (χ1n) is 9.45. The number of sulfonamides is 1. The first kappa shape index (κ1) is 22.5. The molecule has 0 fully saturated rings. The number of hydrogen-bond donors (Lipinski definition) is 2. The fourth-order valence-electron chi connectivity index (χ4n) is 3.02. The van der Waals surface area contributed by atoms with Gasteiger partial charge >= 0.3 is 6.03 Å². The maximum atomic E-state index is 12.7. The van der Waals surface area contributed by atoms with E-state index in [4.69, 9.17) is 0 Å². The van der Waals surface area contributed by atoms with Crippen molar-refractivity contribution in [3.63, 3.8) is 0 Å². The van der Waals surface area contributed by atoms with Gasteiger partial charge in [0.15, 0.2) is 0 Å². The molecule has 0 saturated heterocycles. The lowest BCUT2D eigenvalue weighted by Crippen LogP contribution is -2.35. The van der Waals surface area contributed by atoms with Gasteiger partial charge in [0, 0.05) is 5.69 Å². The van der Waals surface area contributed by atoms with Crippen molar-refractivity contribution in [3.05, 3.63) is 64.1 Å². The van der Waals surface area contributed by atoms with Crippen molar-refractivity contribution in [1.82, 2.24) is 4.72 Å². The Balaban J connectivity index is 2.31. The zero-order chi connectivity index (χ0) is 21.8. The Bertz CT molecular complexity index is 974. The molecule has 1 unspecified atom stereocenters. The molecule has 29 heavy (non-hydrogen) atoms. The van der Waals surface area contributed by atoms with Crippen molar-refractivity contribution in [2.45, 2.75) is 57.4 Å². The summed E-state index contributed by atoms with van der Waals surface area (Å²) in [6, 6.07) is 10.0. The lowest BCUT2D eigenvalue weighted by Gasteiger charge is -2.20. The number of carbonyl (C=O) groups excluding carboxylic acids is 1. The first-order valence-corrected chi connectivity index (χ1v) is 10.9. The molecule has 0 aromatic heterocycles.